The molecule has 0 bridgehead atoms. The average molecular weight is 226 g/mol. The molecule has 2 heteroatoms. The third-order valence-electron chi connectivity index (χ3n) is 3.28. The number of ketones is 1. The van der Waals surface area contributed by atoms with Gasteiger partial charge in [-0.1, -0.05) is 42.5 Å². The van der Waals surface area contributed by atoms with E-state index in [1.165, 1.54) is 0 Å². The van der Waals surface area contributed by atoms with E-state index in [1.54, 1.807) is 0 Å². The molecule has 2 nitrogen and oxygen atoms in total. The molecular weight excluding hydrogens is 212 g/mol. The molecule has 2 aromatic rings. The van der Waals surface area contributed by atoms with Gasteiger partial charge in [0.25, 0.3) is 0 Å². The zero-order valence-electron chi connectivity index (χ0n) is 9.56. The van der Waals surface area contributed by atoms with E-state index in [1.807, 2.05) is 42.5 Å². The van der Waals surface area contributed by atoms with Crippen molar-refractivity contribution in [3.8, 4) is 0 Å². The predicted molar refractivity (Wildman–Crippen MR) is 67.3 cm³/mol. The van der Waals surface area contributed by atoms with Crippen LogP contribution in [0.3, 0.4) is 0 Å². The lowest BCUT2D eigenvalue weighted by Crippen LogP contribution is -2.19. The molecule has 0 spiro atoms. The number of benzene rings is 2. The molecule has 1 atom stereocenters. The number of Topliss-reactive ketones (excluding diaryl/α,β-unsaturated/α-hetero) is 1. The van der Waals surface area contributed by atoms with Crippen LogP contribution in [0, 0.1) is 0 Å². The minimum absolute atomic E-state index is 0.124. The van der Waals surface area contributed by atoms with Crippen molar-refractivity contribution in [2.45, 2.75) is 18.9 Å². The first kappa shape index (κ1) is 10.5. The van der Waals surface area contributed by atoms with E-state index in [4.69, 9.17) is 4.74 Å². The van der Waals surface area contributed by atoms with Gasteiger partial charge in [0.2, 0.25) is 0 Å². The van der Waals surface area contributed by atoms with E-state index in [0.29, 0.717) is 6.61 Å². The lowest BCUT2D eigenvalue weighted by atomic mass is 9.98. The number of hydrogen-bond acceptors (Lipinski definition) is 2. The normalized spacial score (nSPS) is 19.6. The van der Waals surface area contributed by atoms with Gasteiger partial charge in [0.1, 0.15) is 6.10 Å². The van der Waals surface area contributed by atoms with Gasteiger partial charge in [-0.05, 0) is 23.6 Å². The summed E-state index contributed by atoms with van der Waals surface area (Å²) in [5, 5.41) is 2.13. The Morgan fingerprint density at radius 2 is 1.94 bits per heavy atom. The van der Waals surface area contributed by atoms with E-state index >= 15 is 0 Å². The Hall–Kier alpha value is -1.67. The van der Waals surface area contributed by atoms with E-state index < -0.39 is 0 Å². The van der Waals surface area contributed by atoms with Gasteiger partial charge in [0, 0.05) is 12.2 Å². The third kappa shape index (κ3) is 1.85. The molecule has 2 aromatic carbocycles. The topological polar surface area (TPSA) is 26.3 Å². The molecule has 1 saturated heterocycles. The molecule has 1 fully saturated rings. The number of carbonyl (C=O) groups excluding carboxylic acids is 1. The molecule has 17 heavy (non-hydrogen) atoms. The smallest absolute Gasteiger partial charge is 0.192 e. The van der Waals surface area contributed by atoms with Crippen LogP contribution in [0.4, 0.5) is 0 Å². The highest BCUT2D eigenvalue weighted by Crippen LogP contribution is 2.23. The SMILES string of the molecule is O=C(c1cccc2ccccc12)C1CCCO1. The zero-order chi connectivity index (χ0) is 11.7. The molecule has 1 aliphatic rings. The maximum Gasteiger partial charge on any atom is 0.192 e. The summed E-state index contributed by atoms with van der Waals surface area (Å²) in [5.74, 6) is 0.124. The largest absolute Gasteiger partial charge is 0.370 e. The van der Waals surface area contributed by atoms with E-state index in [-0.39, 0.29) is 11.9 Å². The Bertz CT molecular complexity index is 548. The average Bonchev–Trinajstić information content (AvgIpc) is 2.91. The highest BCUT2D eigenvalue weighted by atomic mass is 16.5. The van der Waals surface area contributed by atoms with Crippen molar-refractivity contribution >= 4 is 16.6 Å². The van der Waals surface area contributed by atoms with Gasteiger partial charge in [-0.15, -0.1) is 0 Å². The van der Waals surface area contributed by atoms with Gasteiger partial charge in [0.15, 0.2) is 5.78 Å². The van der Waals surface area contributed by atoms with Crippen LogP contribution >= 0.6 is 0 Å². The van der Waals surface area contributed by atoms with E-state index in [0.717, 1.165) is 29.2 Å². The molecule has 1 unspecified atom stereocenters. The molecule has 3 rings (SSSR count). The summed E-state index contributed by atoms with van der Waals surface area (Å²) in [5.41, 5.74) is 0.787. The summed E-state index contributed by atoms with van der Waals surface area (Å²) in [6.07, 6.45) is 1.60. The highest BCUT2D eigenvalue weighted by molar-refractivity contribution is 6.10. The molecule has 0 radical (unpaired) electrons. The van der Waals surface area contributed by atoms with Crippen molar-refractivity contribution in [2.75, 3.05) is 6.61 Å². The van der Waals surface area contributed by atoms with Crippen molar-refractivity contribution in [2.24, 2.45) is 0 Å². The first-order chi connectivity index (χ1) is 8.36. The Morgan fingerprint density at radius 1 is 1.12 bits per heavy atom. The summed E-state index contributed by atoms with van der Waals surface area (Å²) in [6.45, 7) is 0.709. The fraction of sp³-hybridized carbons (Fsp3) is 0.267. The highest BCUT2D eigenvalue weighted by Gasteiger charge is 2.25. The van der Waals surface area contributed by atoms with Crippen LogP contribution in [0.15, 0.2) is 42.5 Å². The van der Waals surface area contributed by atoms with Crippen LogP contribution < -0.4 is 0 Å². The molecule has 1 aliphatic heterocycles. The van der Waals surface area contributed by atoms with Gasteiger partial charge in [0.05, 0.1) is 0 Å². The van der Waals surface area contributed by atoms with Crippen molar-refractivity contribution in [3.05, 3.63) is 48.0 Å². The monoisotopic (exact) mass is 226 g/mol. The van der Waals surface area contributed by atoms with Crippen molar-refractivity contribution in [1.29, 1.82) is 0 Å². The lowest BCUT2D eigenvalue weighted by Gasteiger charge is -2.10. The number of carbonyl (C=O) groups is 1. The van der Waals surface area contributed by atoms with Crippen molar-refractivity contribution < 1.29 is 9.53 Å². The molecule has 86 valence electrons. The fourth-order valence-electron chi connectivity index (χ4n) is 2.40. The molecule has 1 heterocycles. The van der Waals surface area contributed by atoms with Crippen LogP contribution in [0.25, 0.3) is 10.8 Å². The number of hydrogen-bond donors (Lipinski definition) is 0. The Labute approximate surface area is 100 Å². The second kappa shape index (κ2) is 4.30. The minimum Gasteiger partial charge on any atom is -0.370 e. The van der Waals surface area contributed by atoms with Gasteiger partial charge < -0.3 is 4.74 Å². The summed E-state index contributed by atoms with van der Waals surface area (Å²) in [7, 11) is 0. The van der Waals surface area contributed by atoms with E-state index in [2.05, 4.69) is 0 Å². The summed E-state index contributed by atoms with van der Waals surface area (Å²) < 4.78 is 5.47. The molecule has 0 saturated carbocycles. The summed E-state index contributed by atoms with van der Waals surface area (Å²) in [6, 6.07) is 13.8. The second-order valence-electron chi connectivity index (χ2n) is 4.39. The van der Waals surface area contributed by atoms with Crippen LogP contribution in [-0.4, -0.2) is 18.5 Å². The maximum atomic E-state index is 12.3. The molecular formula is C15H14O2. The lowest BCUT2D eigenvalue weighted by molar-refractivity contribution is 0.0644. The van der Waals surface area contributed by atoms with Gasteiger partial charge in [-0.25, -0.2) is 0 Å². The second-order valence-corrected chi connectivity index (χ2v) is 4.39. The van der Waals surface area contributed by atoms with Crippen LogP contribution in [0.2, 0.25) is 0 Å². The van der Waals surface area contributed by atoms with Crippen LogP contribution in [0.5, 0.6) is 0 Å². The first-order valence-corrected chi connectivity index (χ1v) is 6.00. The Morgan fingerprint density at radius 3 is 2.76 bits per heavy atom. The Kier molecular flexibility index (Phi) is 2.65. The van der Waals surface area contributed by atoms with Gasteiger partial charge in [-0.2, -0.15) is 0 Å². The minimum atomic E-state index is -0.235. The quantitative estimate of drug-likeness (QED) is 0.735. The summed E-state index contributed by atoms with van der Waals surface area (Å²) >= 11 is 0. The molecule has 0 aliphatic carbocycles. The van der Waals surface area contributed by atoms with Gasteiger partial charge in [-0.3, -0.25) is 4.79 Å². The van der Waals surface area contributed by atoms with Crippen molar-refractivity contribution in [1.82, 2.24) is 0 Å². The van der Waals surface area contributed by atoms with Crippen LogP contribution in [0.1, 0.15) is 23.2 Å². The first-order valence-electron chi connectivity index (χ1n) is 6.00. The molecule has 0 aromatic heterocycles. The maximum absolute atomic E-state index is 12.3. The number of rotatable bonds is 2. The number of fused-ring (bicyclic) bond motifs is 1. The van der Waals surface area contributed by atoms with E-state index in [9.17, 15) is 4.79 Å². The third-order valence-corrected chi connectivity index (χ3v) is 3.28. The van der Waals surface area contributed by atoms with Crippen molar-refractivity contribution in [3.63, 3.8) is 0 Å². The van der Waals surface area contributed by atoms with Gasteiger partial charge >= 0.3 is 0 Å². The fourth-order valence-corrected chi connectivity index (χ4v) is 2.40. The predicted octanol–water partition coefficient (Wildman–Crippen LogP) is 3.20. The standard InChI is InChI=1S/C15H14O2/c16-15(14-9-4-10-17-14)13-8-3-6-11-5-1-2-7-12(11)13/h1-3,5-8,14H,4,9-10H2. The van der Waals surface area contributed by atoms with Crippen LogP contribution in [-0.2, 0) is 4.74 Å². The number of ether oxygens (including phenoxy) is 1. The zero-order valence-corrected chi connectivity index (χ0v) is 9.56. The molecule has 0 N–H and O–H groups in total. The summed E-state index contributed by atoms with van der Waals surface area (Å²) in [4.78, 5) is 12.3. The Balaban J connectivity index is 2.07. The molecule has 0 amide bonds.